The van der Waals surface area contributed by atoms with E-state index in [0.29, 0.717) is 13.2 Å². The van der Waals surface area contributed by atoms with Crippen LogP contribution in [-0.4, -0.2) is 38.1 Å². The highest BCUT2D eigenvalue weighted by Crippen LogP contribution is 2.08. The fourth-order valence-corrected chi connectivity index (χ4v) is 2.78. The molecule has 0 saturated heterocycles. The third-order valence-corrected chi connectivity index (χ3v) is 3.95. The van der Waals surface area contributed by atoms with E-state index in [0.717, 1.165) is 19.0 Å². The van der Waals surface area contributed by atoms with E-state index in [2.05, 4.69) is 44.2 Å². The van der Waals surface area contributed by atoms with Gasteiger partial charge in [-0.2, -0.15) is 11.3 Å². The summed E-state index contributed by atoms with van der Waals surface area (Å²) in [6.07, 6.45) is 0. The molecule has 0 aliphatic heterocycles. The largest absolute Gasteiger partial charge is 0.375 e. The Morgan fingerprint density at radius 3 is 2.73 bits per heavy atom. The minimum Gasteiger partial charge on any atom is -0.375 e. The highest BCUT2D eigenvalue weighted by molar-refractivity contribution is 7.07. The molecule has 1 heterocycles. The molecular formula is C17H23N3OS. The number of nitrogens with one attached hydrogen (secondary N) is 1. The van der Waals surface area contributed by atoms with Gasteiger partial charge in [0.05, 0.1) is 13.2 Å². The van der Waals surface area contributed by atoms with E-state index in [1.165, 1.54) is 11.1 Å². The van der Waals surface area contributed by atoms with Gasteiger partial charge in [-0.05, 0) is 28.0 Å². The average molecular weight is 317 g/mol. The molecule has 0 spiro atoms. The fourth-order valence-electron chi connectivity index (χ4n) is 2.12. The van der Waals surface area contributed by atoms with Crippen LogP contribution in [0.4, 0.5) is 0 Å². The number of rotatable bonds is 7. The van der Waals surface area contributed by atoms with E-state index in [-0.39, 0.29) is 0 Å². The summed E-state index contributed by atoms with van der Waals surface area (Å²) in [6.45, 7) is 2.90. The maximum Gasteiger partial charge on any atom is 0.193 e. The van der Waals surface area contributed by atoms with Crippen molar-refractivity contribution in [2.45, 2.75) is 13.2 Å². The molecule has 2 rings (SSSR count). The Labute approximate surface area is 136 Å². The number of benzene rings is 1. The molecule has 0 bridgehead atoms. The number of aliphatic imine (C=N–C) groups is 1. The van der Waals surface area contributed by atoms with Crippen LogP contribution < -0.4 is 5.32 Å². The number of nitrogens with zero attached hydrogens (tertiary/aromatic N) is 2. The molecule has 1 aromatic heterocycles. The molecule has 0 fully saturated rings. The van der Waals surface area contributed by atoms with E-state index >= 15 is 0 Å². The number of hydrogen-bond donors (Lipinski definition) is 1. The number of hydrogen-bond acceptors (Lipinski definition) is 3. The van der Waals surface area contributed by atoms with Crippen molar-refractivity contribution >= 4 is 17.3 Å². The summed E-state index contributed by atoms with van der Waals surface area (Å²) >= 11 is 1.72. The molecule has 0 atom stereocenters. The Kier molecular flexibility index (Phi) is 6.93. The maximum atomic E-state index is 5.67. The predicted octanol–water partition coefficient (Wildman–Crippen LogP) is 2.97. The van der Waals surface area contributed by atoms with Gasteiger partial charge in [-0.25, -0.2) is 0 Å². The highest BCUT2D eigenvalue weighted by Gasteiger charge is 2.06. The molecule has 2 aromatic rings. The van der Waals surface area contributed by atoms with Crippen LogP contribution in [0.3, 0.4) is 0 Å². The third kappa shape index (κ3) is 5.50. The quantitative estimate of drug-likeness (QED) is 0.484. The first-order chi connectivity index (χ1) is 10.8. The van der Waals surface area contributed by atoms with Crippen molar-refractivity contribution in [3.63, 3.8) is 0 Å². The molecule has 0 aliphatic rings. The van der Waals surface area contributed by atoms with E-state index in [1.807, 2.05) is 25.2 Å². The van der Waals surface area contributed by atoms with E-state index in [9.17, 15) is 0 Å². The standard InChI is InChI=1S/C17H23N3OS/c1-18-17(20(2)12-16-8-11-22-14-16)19-9-10-21-13-15-6-4-3-5-7-15/h3-8,11,14H,9-10,12-13H2,1-2H3,(H,18,19). The smallest absolute Gasteiger partial charge is 0.193 e. The Morgan fingerprint density at radius 1 is 1.23 bits per heavy atom. The normalized spacial score (nSPS) is 11.5. The van der Waals surface area contributed by atoms with Crippen molar-refractivity contribution in [3.05, 3.63) is 58.3 Å². The van der Waals surface area contributed by atoms with Crippen molar-refractivity contribution in [1.29, 1.82) is 0 Å². The number of guanidine groups is 1. The molecular weight excluding hydrogens is 294 g/mol. The SMILES string of the molecule is CN=C(NCCOCc1ccccc1)N(C)Cc1ccsc1. The highest BCUT2D eigenvalue weighted by atomic mass is 32.1. The summed E-state index contributed by atoms with van der Waals surface area (Å²) in [6, 6.07) is 12.3. The van der Waals surface area contributed by atoms with E-state index in [4.69, 9.17) is 4.74 Å². The molecule has 0 unspecified atom stereocenters. The van der Waals surface area contributed by atoms with Crippen molar-refractivity contribution in [1.82, 2.24) is 10.2 Å². The van der Waals surface area contributed by atoms with Gasteiger partial charge in [0.15, 0.2) is 5.96 Å². The molecule has 5 heteroatoms. The molecule has 0 radical (unpaired) electrons. The Morgan fingerprint density at radius 2 is 2.05 bits per heavy atom. The topological polar surface area (TPSA) is 36.9 Å². The van der Waals surface area contributed by atoms with Crippen LogP contribution in [0.25, 0.3) is 0 Å². The summed E-state index contributed by atoms with van der Waals surface area (Å²) in [7, 11) is 3.84. The van der Waals surface area contributed by atoms with Gasteiger partial charge in [-0.3, -0.25) is 4.99 Å². The Bertz CT molecular complexity index is 555. The van der Waals surface area contributed by atoms with Crippen molar-refractivity contribution < 1.29 is 4.74 Å². The predicted molar refractivity (Wildman–Crippen MR) is 93.2 cm³/mol. The zero-order valence-corrected chi connectivity index (χ0v) is 14.0. The lowest BCUT2D eigenvalue weighted by atomic mass is 10.2. The molecule has 22 heavy (non-hydrogen) atoms. The monoisotopic (exact) mass is 317 g/mol. The lowest BCUT2D eigenvalue weighted by molar-refractivity contribution is 0.125. The summed E-state index contributed by atoms with van der Waals surface area (Å²) in [5, 5.41) is 7.58. The van der Waals surface area contributed by atoms with Gasteiger partial charge in [-0.15, -0.1) is 0 Å². The second-order valence-corrected chi connectivity index (χ2v) is 5.78. The van der Waals surface area contributed by atoms with E-state index < -0.39 is 0 Å². The second-order valence-electron chi connectivity index (χ2n) is 5.00. The van der Waals surface area contributed by atoms with Crippen LogP contribution in [0.5, 0.6) is 0 Å². The lowest BCUT2D eigenvalue weighted by Crippen LogP contribution is -2.39. The molecule has 118 valence electrons. The van der Waals surface area contributed by atoms with Gasteiger partial charge < -0.3 is 15.0 Å². The first-order valence-corrected chi connectivity index (χ1v) is 8.28. The molecule has 0 aliphatic carbocycles. The minimum atomic E-state index is 0.645. The van der Waals surface area contributed by atoms with Crippen LogP contribution in [0, 0.1) is 0 Å². The first kappa shape index (κ1) is 16.5. The van der Waals surface area contributed by atoms with Crippen molar-refractivity contribution in [3.8, 4) is 0 Å². The molecule has 0 saturated carbocycles. The second kappa shape index (κ2) is 9.23. The Hall–Kier alpha value is -1.85. The minimum absolute atomic E-state index is 0.645. The summed E-state index contributed by atoms with van der Waals surface area (Å²) in [5.74, 6) is 0.884. The molecule has 1 N–H and O–H groups in total. The van der Waals surface area contributed by atoms with Gasteiger partial charge in [-0.1, -0.05) is 30.3 Å². The molecule has 1 aromatic carbocycles. The number of thiophene rings is 1. The van der Waals surface area contributed by atoms with Crippen LogP contribution in [0.2, 0.25) is 0 Å². The summed E-state index contributed by atoms with van der Waals surface area (Å²) in [5.41, 5.74) is 2.50. The third-order valence-electron chi connectivity index (χ3n) is 3.21. The van der Waals surface area contributed by atoms with Gasteiger partial charge in [0, 0.05) is 27.2 Å². The van der Waals surface area contributed by atoms with Crippen LogP contribution in [-0.2, 0) is 17.9 Å². The maximum absolute atomic E-state index is 5.67. The van der Waals surface area contributed by atoms with Crippen molar-refractivity contribution in [2.75, 3.05) is 27.2 Å². The van der Waals surface area contributed by atoms with Gasteiger partial charge in [0.1, 0.15) is 0 Å². The van der Waals surface area contributed by atoms with E-state index in [1.54, 1.807) is 18.4 Å². The zero-order valence-electron chi connectivity index (χ0n) is 13.2. The van der Waals surface area contributed by atoms with Gasteiger partial charge in [0.2, 0.25) is 0 Å². The van der Waals surface area contributed by atoms with Crippen molar-refractivity contribution in [2.24, 2.45) is 4.99 Å². The molecule has 0 amide bonds. The van der Waals surface area contributed by atoms with Gasteiger partial charge >= 0.3 is 0 Å². The van der Waals surface area contributed by atoms with Crippen LogP contribution >= 0.6 is 11.3 Å². The van der Waals surface area contributed by atoms with Gasteiger partial charge in [0.25, 0.3) is 0 Å². The lowest BCUT2D eigenvalue weighted by Gasteiger charge is -2.21. The van der Waals surface area contributed by atoms with Crippen LogP contribution in [0.1, 0.15) is 11.1 Å². The first-order valence-electron chi connectivity index (χ1n) is 7.34. The van der Waals surface area contributed by atoms with Crippen LogP contribution in [0.15, 0.2) is 52.2 Å². The molecule has 4 nitrogen and oxygen atoms in total. The summed E-state index contributed by atoms with van der Waals surface area (Å²) in [4.78, 5) is 6.41. The Balaban J connectivity index is 1.66. The average Bonchev–Trinajstić information content (AvgIpc) is 3.04. The summed E-state index contributed by atoms with van der Waals surface area (Å²) < 4.78 is 5.67. The zero-order chi connectivity index (χ0) is 15.6. The fraction of sp³-hybridized carbons (Fsp3) is 0.353. The number of ether oxygens (including phenoxy) is 1.